The summed E-state index contributed by atoms with van der Waals surface area (Å²) in [5.74, 6) is -1.80. The molecule has 2 rings (SSSR count). The monoisotopic (exact) mass is 314 g/mol. The van der Waals surface area contributed by atoms with Crippen molar-refractivity contribution in [2.45, 2.75) is 6.61 Å². The maximum absolute atomic E-state index is 13.9. The van der Waals surface area contributed by atoms with Gasteiger partial charge in [0.15, 0.2) is 0 Å². The summed E-state index contributed by atoms with van der Waals surface area (Å²) in [6.45, 7) is -0.131. The Morgan fingerprint density at radius 3 is 2.65 bits per heavy atom. The van der Waals surface area contributed by atoms with Crippen molar-refractivity contribution in [3.05, 3.63) is 63.4 Å². The third-order valence-corrected chi connectivity index (χ3v) is 3.12. The van der Waals surface area contributed by atoms with Crippen LogP contribution in [0.1, 0.15) is 15.9 Å². The zero-order valence-corrected chi connectivity index (χ0v) is 11.6. The number of halogens is 3. The molecule has 0 unspecified atom stereocenters. The third kappa shape index (κ3) is 3.21. The van der Waals surface area contributed by atoms with E-state index in [2.05, 4.69) is 0 Å². The Morgan fingerprint density at radius 1 is 1.25 bits per heavy atom. The van der Waals surface area contributed by atoms with E-state index in [1.807, 2.05) is 0 Å². The van der Waals surface area contributed by atoms with Gasteiger partial charge in [-0.05, 0) is 24.3 Å². The van der Waals surface area contributed by atoms with E-state index in [9.17, 15) is 9.18 Å². The van der Waals surface area contributed by atoms with Crippen LogP contribution in [-0.4, -0.2) is 11.1 Å². The van der Waals surface area contributed by atoms with Gasteiger partial charge in [0.1, 0.15) is 18.2 Å². The van der Waals surface area contributed by atoms with E-state index in [1.165, 1.54) is 24.3 Å². The lowest BCUT2D eigenvalue weighted by atomic mass is 10.1. The van der Waals surface area contributed by atoms with E-state index < -0.39 is 17.3 Å². The molecule has 0 bridgehead atoms. The minimum atomic E-state index is -1.33. The summed E-state index contributed by atoms with van der Waals surface area (Å²) < 4.78 is 19.2. The lowest BCUT2D eigenvalue weighted by Crippen LogP contribution is -2.06. The SMILES string of the molecule is O=C(O)c1cccc(COc2ccc(Cl)cc2Cl)c1F. The van der Waals surface area contributed by atoms with Crippen molar-refractivity contribution in [1.29, 1.82) is 0 Å². The van der Waals surface area contributed by atoms with Crippen molar-refractivity contribution in [1.82, 2.24) is 0 Å². The largest absolute Gasteiger partial charge is 0.487 e. The van der Waals surface area contributed by atoms with Crippen LogP contribution in [-0.2, 0) is 6.61 Å². The van der Waals surface area contributed by atoms with Crippen LogP contribution >= 0.6 is 23.2 Å². The van der Waals surface area contributed by atoms with Crippen LogP contribution in [0.4, 0.5) is 4.39 Å². The number of hydrogen-bond donors (Lipinski definition) is 1. The molecule has 6 heteroatoms. The Bertz CT molecular complexity index is 659. The Morgan fingerprint density at radius 2 is 2.00 bits per heavy atom. The van der Waals surface area contributed by atoms with E-state index in [0.29, 0.717) is 15.8 Å². The molecular formula is C14H9Cl2FO3. The van der Waals surface area contributed by atoms with E-state index in [-0.39, 0.29) is 12.2 Å². The van der Waals surface area contributed by atoms with Crippen LogP contribution < -0.4 is 4.74 Å². The summed E-state index contributed by atoms with van der Waals surface area (Å²) in [7, 11) is 0. The van der Waals surface area contributed by atoms with Gasteiger partial charge in [0, 0.05) is 10.6 Å². The van der Waals surface area contributed by atoms with Gasteiger partial charge in [-0.1, -0.05) is 35.3 Å². The highest BCUT2D eigenvalue weighted by molar-refractivity contribution is 6.35. The molecule has 0 aliphatic heterocycles. The van der Waals surface area contributed by atoms with Crippen LogP contribution in [0, 0.1) is 5.82 Å². The predicted molar refractivity (Wildman–Crippen MR) is 74.2 cm³/mol. The predicted octanol–water partition coefficient (Wildman–Crippen LogP) is 4.41. The number of carboxylic acids is 1. The van der Waals surface area contributed by atoms with Crippen LogP contribution in [0.2, 0.25) is 10.0 Å². The average Bonchev–Trinajstić information content (AvgIpc) is 2.39. The van der Waals surface area contributed by atoms with Crippen molar-refractivity contribution in [3.63, 3.8) is 0 Å². The average molecular weight is 315 g/mol. The second-order valence-corrected chi connectivity index (χ2v) is 4.79. The molecule has 0 aliphatic carbocycles. The molecule has 0 aliphatic rings. The van der Waals surface area contributed by atoms with Crippen molar-refractivity contribution < 1.29 is 19.0 Å². The van der Waals surface area contributed by atoms with E-state index >= 15 is 0 Å². The minimum Gasteiger partial charge on any atom is -0.487 e. The van der Waals surface area contributed by atoms with Gasteiger partial charge in [-0.3, -0.25) is 0 Å². The lowest BCUT2D eigenvalue weighted by Gasteiger charge is -2.10. The summed E-state index contributed by atoms with van der Waals surface area (Å²) in [4.78, 5) is 10.8. The van der Waals surface area contributed by atoms with Gasteiger partial charge < -0.3 is 9.84 Å². The van der Waals surface area contributed by atoms with Gasteiger partial charge in [0.25, 0.3) is 0 Å². The molecule has 0 saturated carbocycles. The van der Waals surface area contributed by atoms with Crippen molar-refractivity contribution in [2.24, 2.45) is 0 Å². The van der Waals surface area contributed by atoms with E-state index in [0.717, 1.165) is 0 Å². The highest BCUT2D eigenvalue weighted by atomic mass is 35.5. The van der Waals surface area contributed by atoms with E-state index in [1.54, 1.807) is 12.1 Å². The number of carboxylic acid groups (broad SMARTS) is 1. The van der Waals surface area contributed by atoms with Crippen LogP contribution in [0.3, 0.4) is 0 Å². The number of rotatable bonds is 4. The molecule has 2 aromatic rings. The Hall–Kier alpha value is -1.78. The standard InChI is InChI=1S/C14H9Cl2FO3/c15-9-4-5-12(11(16)6-9)20-7-8-2-1-3-10(13(8)17)14(18)19/h1-6H,7H2,(H,18,19). The topological polar surface area (TPSA) is 46.5 Å². The van der Waals surface area contributed by atoms with Gasteiger partial charge >= 0.3 is 5.97 Å². The van der Waals surface area contributed by atoms with Crippen LogP contribution in [0.5, 0.6) is 5.75 Å². The fourth-order valence-corrected chi connectivity index (χ4v) is 2.07. The second kappa shape index (κ2) is 6.11. The first kappa shape index (κ1) is 14.6. The first-order valence-corrected chi connectivity index (χ1v) is 6.33. The fourth-order valence-electron chi connectivity index (χ4n) is 1.60. The summed E-state index contributed by atoms with van der Waals surface area (Å²) in [5.41, 5.74) is -0.260. The highest BCUT2D eigenvalue weighted by Crippen LogP contribution is 2.28. The fraction of sp³-hybridized carbons (Fsp3) is 0.0714. The number of carbonyl (C=O) groups is 1. The maximum atomic E-state index is 13.9. The van der Waals surface area contributed by atoms with Crippen LogP contribution in [0.15, 0.2) is 36.4 Å². The molecule has 0 fully saturated rings. The van der Waals surface area contributed by atoms with Gasteiger partial charge in [-0.15, -0.1) is 0 Å². The maximum Gasteiger partial charge on any atom is 0.338 e. The molecule has 20 heavy (non-hydrogen) atoms. The van der Waals surface area contributed by atoms with Crippen molar-refractivity contribution in [3.8, 4) is 5.75 Å². The molecule has 3 nitrogen and oxygen atoms in total. The summed E-state index contributed by atoms with van der Waals surface area (Å²) in [6, 6.07) is 8.75. The van der Waals surface area contributed by atoms with Crippen molar-refractivity contribution in [2.75, 3.05) is 0 Å². The molecule has 0 radical (unpaired) electrons. The van der Waals surface area contributed by atoms with Gasteiger partial charge in [0.05, 0.1) is 10.6 Å². The summed E-state index contributed by atoms with van der Waals surface area (Å²) in [6.07, 6.45) is 0. The van der Waals surface area contributed by atoms with Gasteiger partial charge in [0.2, 0.25) is 0 Å². The number of ether oxygens (including phenoxy) is 1. The summed E-state index contributed by atoms with van der Waals surface area (Å²) in [5, 5.41) is 9.59. The molecule has 0 aromatic heterocycles. The molecule has 0 amide bonds. The summed E-state index contributed by atoms with van der Waals surface area (Å²) >= 11 is 11.7. The zero-order chi connectivity index (χ0) is 14.7. The minimum absolute atomic E-state index is 0.131. The third-order valence-electron chi connectivity index (χ3n) is 2.59. The zero-order valence-electron chi connectivity index (χ0n) is 10.1. The van der Waals surface area contributed by atoms with E-state index in [4.69, 9.17) is 33.0 Å². The molecule has 1 N–H and O–H groups in total. The molecule has 0 heterocycles. The molecule has 2 aromatic carbocycles. The van der Waals surface area contributed by atoms with Gasteiger partial charge in [-0.25, -0.2) is 9.18 Å². The van der Waals surface area contributed by atoms with Crippen molar-refractivity contribution >= 4 is 29.2 Å². The Kier molecular flexibility index (Phi) is 4.47. The molecule has 0 saturated heterocycles. The van der Waals surface area contributed by atoms with Gasteiger partial charge in [-0.2, -0.15) is 0 Å². The first-order valence-electron chi connectivity index (χ1n) is 5.57. The number of benzene rings is 2. The second-order valence-electron chi connectivity index (χ2n) is 3.95. The first-order chi connectivity index (χ1) is 9.49. The Labute approximate surface area is 124 Å². The quantitative estimate of drug-likeness (QED) is 0.909. The Balaban J connectivity index is 2.19. The molecular weight excluding hydrogens is 306 g/mol. The molecule has 0 spiro atoms. The lowest BCUT2D eigenvalue weighted by molar-refractivity contribution is 0.0691. The highest BCUT2D eigenvalue weighted by Gasteiger charge is 2.14. The molecule has 0 atom stereocenters. The van der Waals surface area contributed by atoms with Crippen LogP contribution in [0.25, 0.3) is 0 Å². The normalized spacial score (nSPS) is 10.3. The number of aromatic carboxylic acids is 1. The number of hydrogen-bond acceptors (Lipinski definition) is 2. The molecule has 104 valence electrons. The smallest absolute Gasteiger partial charge is 0.338 e.